The van der Waals surface area contributed by atoms with Crippen LogP contribution in [0.1, 0.15) is 13.8 Å². The first-order valence-corrected chi connectivity index (χ1v) is 7.93. The van der Waals surface area contributed by atoms with E-state index < -0.39 is 48.1 Å². The summed E-state index contributed by atoms with van der Waals surface area (Å²) >= 11 is 0. The first-order chi connectivity index (χ1) is 12.5. The Hall–Kier alpha value is -2.59. The number of nitrogens with two attached hydrogens (primary N) is 2. The second-order valence-electron chi connectivity index (χ2n) is 6.47. The number of nitrogen functional groups attached to an aromatic ring is 1. The standard InChI is InChI=1S/C15H20FN5O6/c1-7(2)9(19)12(24)26-6-14(16)10(22)11(23)15(5-17,27-14)21-4-3-8(18)20-13(21)25/h3-4,7,9-11,22-23H,6,19H2,1-2H3,(H2,18,20,25)/t9-,10-,11+,14+,15+/m0/s1. The van der Waals surface area contributed by atoms with E-state index in [0.717, 1.165) is 12.3 Å². The molecule has 1 aromatic heterocycles. The largest absolute Gasteiger partial charge is 0.458 e. The van der Waals surface area contributed by atoms with Gasteiger partial charge in [0.25, 0.3) is 11.6 Å². The van der Waals surface area contributed by atoms with Crippen LogP contribution in [0.5, 0.6) is 0 Å². The zero-order valence-electron chi connectivity index (χ0n) is 14.6. The molecule has 0 aromatic carbocycles. The number of nitriles is 1. The number of rotatable bonds is 5. The molecule has 148 valence electrons. The highest BCUT2D eigenvalue weighted by atomic mass is 19.2. The molecule has 0 bridgehead atoms. The predicted octanol–water partition coefficient (Wildman–Crippen LogP) is -2.05. The number of esters is 1. The van der Waals surface area contributed by atoms with Crippen molar-refractivity contribution >= 4 is 11.8 Å². The van der Waals surface area contributed by atoms with Gasteiger partial charge in [-0.15, -0.1) is 0 Å². The number of hydrogen-bond donors (Lipinski definition) is 4. The summed E-state index contributed by atoms with van der Waals surface area (Å²) in [7, 11) is 0. The summed E-state index contributed by atoms with van der Waals surface area (Å²) in [4.78, 5) is 27.2. The third kappa shape index (κ3) is 3.50. The first-order valence-electron chi connectivity index (χ1n) is 7.93. The Morgan fingerprint density at radius 3 is 2.70 bits per heavy atom. The van der Waals surface area contributed by atoms with Gasteiger partial charge in [0.1, 0.15) is 30.1 Å². The van der Waals surface area contributed by atoms with Crippen molar-refractivity contribution < 1.29 is 28.9 Å². The average Bonchev–Trinajstić information content (AvgIpc) is 2.81. The lowest BCUT2D eigenvalue weighted by Gasteiger charge is -2.27. The van der Waals surface area contributed by atoms with Crippen LogP contribution < -0.4 is 17.2 Å². The van der Waals surface area contributed by atoms with Crippen molar-refractivity contribution in [1.82, 2.24) is 9.55 Å². The molecule has 2 rings (SSSR count). The Bertz CT molecular complexity index is 826. The second-order valence-corrected chi connectivity index (χ2v) is 6.47. The molecule has 27 heavy (non-hydrogen) atoms. The van der Waals surface area contributed by atoms with Crippen molar-refractivity contribution in [3.05, 3.63) is 22.7 Å². The molecule has 6 N–H and O–H groups in total. The number of alkyl halides is 1. The van der Waals surface area contributed by atoms with Crippen LogP contribution in [0, 0.1) is 17.2 Å². The fourth-order valence-corrected chi connectivity index (χ4v) is 2.49. The van der Waals surface area contributed by atoms with Crippen molar-refractivity contribution in [3.63, 3.8) is 0 Å². The van der Waals surface area contributed by atoms with Gasteiger partial charge < -0.3 is 26.4 Å². The molecule has 0 radical (unpaired) electrons. The maximum Gasteiger partial charge on any atom is 0.352 e. The summed E-state index contributed by atoms with van der Waals surface area (Å²) < 4.78 is 25.3. The summed E-state index contributed by atoms with van der Waals surface area (Å²) in [6, 6.07) is 1.52. The molecule has 11 nitrogen and oxygen atoms in total. The van der Waals surface area contributed by atoms with Crippen molar-refractivity contribution in [2.24, 2.45) is 11.7 Å². The monoisotopic (exact) mass is 385 g/mol. The minimum Gasteiger partial charge on any atom is -0.458 e. The molecule has 0 saturated carbocycles. The molecule has 1 aromatic rings. The van der Waals surface area contributed by atoms with E-state index in [4.69, 9.17) is 20.9 Å². The summed E-state index contributed by atoms with van der Waals surface area (Å²) in [5.74, 6) is -4.62. The SMILES string of the molecule is CC(C)[C@H](N)C(=O)OC[C@@]1(F)O[C@@](C#N)(n2ccc(N)nc2=O)[C@H](O)[C@@H]1O. The average molecular weight is 385 g/mol. The Balaban J connectivity index is 2.33. The minimum atomic E-state index is -3.18. The summed E-state index contributed by atoms with van der Waals surface area (Å²) in [6.07, 6.45) is -3.56. The third-order valence-electron chi connectivity index (χ3n) is 4.21. The van der Waals surface area contributed by atoms with Gasteiger partial charge >= 0.3 is 11.7 Å². The highest BCUT2D eigenvalue weighted by Crippen LogP contribution is 2.42. The molecular weight excluding hydrogens is 365 g/mol. The quantitative estimate of drug-likeness (QED) is 0.411. The lowest BCUT2D eigenvalue weighted by molar-refractivity contribution is -0.234. The number of halogens is 1. The summed E-state index contributed by atoms with van der Waals surface area (Å²) in [5, 5.41) is 29.8. The minimum absolute atomic E-state index is 0.180. The van der Waals surface area contributed by atoms with Gasteiger partial charge in [0.2, 0.25) is 0 Å². The molecule has 0 aliphatic carbocycles. The van der Waals surface area contributed by atoms with Crippen LogP contribution >= 0.6 is 0 Å². The van der Waals surface area contributed by atoms with E-state index in [9.17, 15) is 25.1 Å². The van der Waals surface area contributed by atoms with E-state index >= 15 is 4.39 Å². The van der Waals surface area contributed by atoms with Gasteiger partial charge in [0.05, 0.1) is 0 Å². The van der Waals surface area contributed by atoms with Gasteiger partial charge in [-0.25, -0.2) is 9.18 Å². The Kier molecular flexibility index (Phi) is 5.52. The van der Waals surface area contributed by atoms with Gasteiger partial charge in [0, 0.05) is 6.20 Å². The Labute approximate surface area is 152 Å². The van der Waals surface area contributed by atoms with E-state index in [-0.39, 0.29) is 11.7 Å². The topological polar surface area (TPSA) is 187 Å². The van der Waals surface area contributed by atoms with E-state index in [1.54, 1.807) is 13.8 Å². The van der Waals surface area contributed by atoms with Crippen molar-refractivity contribution in [3.8, 4) is 6.07 Å². The van der Waals surface area contributed by atoms with E-state index in [1.807, 2.05) is 0 Å². The smallest absolute Gasteiger partial charge is 0.352 e. The first kappa shape index (κ1) is 20.7. The van der Waals surface area contributed by atoms with Crippen LogP contribution in [-0.4, -0.2) is 56.4 Å². The fraction of sp³-hybridized carbons (Fsp3) is 0.600. The molecule has 1 fully saturated rings. The van der Waals surface area contributed by atoms with E-state index in [0.29, 0.717) is 4.57 Å². The maximum absolute atomic E-state index is 15.1. The number of nitrogens with zero attached hydrogens (tertiary/aromatic N) is 3. The predicted molar refractivity (Wildman–Crippen MR) is 87.2 cm³/mol. The lowest BCUT2D eigenvalue weighted by Crippen LogP contribution is -2.49. The maximum atomic E-state index is 15.1. The zero-order chi connectivity index (χ0) is 20.6. The molecular formula is C15H20FN5O6. The van der Waals surface area contributed by atoms with Gasteiger partial charge in [0.15, 0.2) is 6.61 Å². The number of hydrogen-bond acceptors (Lipinski definition) is 10. The van der Waals surface area contributed by atoms with Crippen LogP contribution in [0.4, 0.5) is 10.2 Å². The number of aliphatic hydroxyl groups is 2. The number of carbonyl (C=O) groups is 1. The lowest BCUT2D eigenvalue weighted by atomic mass is 10.0. The number of carbonyl (C=O) groups excluding carboxylic acids is 1. The normalized spacial score (nSPS) is 31.5. The van der Waals surface area contributed by atoms with Gasteiger partial charge in [-0.1, -0.05) is 13.8 Å². The number of ether oxygens (including phenoxy) is 2. The highest BCUT2D eigenvalue weighted by Gasteiger charge is 2.66. The molecule has 1 aliphatic rings. The summed E-state index contributed by atoms with van der Waals surface area (Å²) in [5.41, 5.74) is 7.17. The fourth-order valence-electron chi connectivity index (χ4n) is 2.49. The second kappa shape index (κ2) is 7.20. The summed E-state index contributed by atoms with van der Waals surface area (Å²) in [6.45, 7) is 2.12. The van der Waals surface area contributed by atoms with Gasteiger partial charge in [-0.2, -0.15) is 10.2 Å². The van der Waals surface area contributed by atoms with Crippen LogP contribution in [-0.2, 0) is 20.0 Å². The van der Waals surface area contributed by atoms with Crippen LogP contribution in [0.2, 0.25) is 0 Å². The van der Waals surface area contributed by atoms with E-state index in [1.165, 1.54) is 6.07 Å². The molecule has 1 saturated heterocycles. The van der Waals surface area contributed by atoms with Crippen molar-refractivity contribution in [1.29, 1.82) is 5.26 Å². The Morgan fingerprint density at radius 1 is 1.56 bits per heavy atom. The zero-order valence-corrected chi connectivity index (χ0v) is 14.6. The Morgan fingerprint density at radius 2 is 2.19 bits per heavy atom. The van der Waals surface area contributed by atoms with Gasteiger partial charge in [-0.05, 0) is 12.0 Å². The molecule has 1 aliphatic heterocycles. The molecule has 0 amide bonds. The van der Waals surface area contributed by atoms with E-state index in [2.05, 4.69) is 4.98 Å². The molecule has 0 spiro atoms. The molecule has 0 unspecified atom stereocenters. The van der Waals surface area contributed by atoms with Crippen LogP contribution in [0.15, 0.2) is 17.1 Å². The molecule has 2 heterocycles. The number of anilines is 1. The van der Waals surface area contributed by atoms with Crippen LogP contribution in [0.25, 0.3) is 0 Å². The number of aliphatic hydroxyl groups excluding tert-OH is 2. The van der Waals surface area contributed by atoms with Gasteiger partial charge in [-0.3, -0.25) is 14.1 Å². The van der Waals surface area contributed by atoms with Crippen molar-refractivity contribution in [2.75, 3.05) is 12.3 Å². The highest BCUT2D eigenvalue weighted by molar-refractivity contribution is 5.75. The van der Waals surface area contributed by atoms with Crippen molar-refractivity contribution in [2.45, 2.75) is 43.7 Å². The number of aromatic nitrogens is 2. The molecule has 5 atom stereocenters. The molecule has 12 heteroatoms. The van der Waals surface area contributed by atoms with Crippen LogP contribution in [0.3, 0.4) is 0 Å². The third-order valence-corrected chi connectivity index (χ3v) is 4.21.